The lowest BCUT2D eigenvalue weighted by Gasteiger charge is -2.36. The zero-order chi connectivity index (χ0) is 15.4. The van der Waals surface area contributed by atoms with Crippen molar-refractivity contribution in [2.45, 2.75) is 6.92 Å². The van der Waals surface area contributed by atoms with Crippen molar-refractivity contribution in [1.82, 2.24) is 9.88 Å². The van der Waals surface area contributed by atoms with Crippen molar-refractivity contribution in [3.63, 3.8) is 0 Å². The molecule has 114 valence electrons. The van der Waals surface area contributed by atoms with Gasteiger partial charge >= 0.3 is 6.03 Å². The van der Waals surface area contributed by atoms with Gasteiger partial charge in [-0.05, 0) is 36.8 Å². The van der Waals surface area contributed by atoms with Gasteiger partial charge in [0.1, 0.15) is 0 Å². The molecule has 0 aliphatic carbocycles. The van der Waals surface area contributed by atoms with Crippen LogP contribution in [0.25, 0.3) is 0 Å². The van der Waals surface area contributed by atoms with Gasteiger partial charge in [0.25, 0.3) is 0 Å². The monoisotopic (exact) mass is 296 g/mol. The maximum atomic E-state index is 12.2. The van der Waals surface area contributed by atoms with Crippen molar-refractivity contribution in [2.75, 3.05) is 36.4 Å². The maximum Gasteiger partial charge on any atom is 0.321 e. The molecule has 0 radical (unpaired) electrons. The molecule has 1 aliphatic rings. The molecule has 0 atom stereocenters. The number of nitrogens with zero attached hydrogens (tertiary/aromatic N) is 3. The summed E-state index contributed by atoms with van der Waals surface area (Å²) < 4.78 is 0. The second-order valence-corrected chi connectivity index (χ2v) is 5.48. The minimum atomic E-state index is -0.0462. The highest BCUT2D eigenvalue weighted by molar-refractivity contribution is 5.89. The fraction of sp³-hybridized carbons (Fsp3) is 0.294. The second kappa shape index (κ2) is 6.47. The first-order valence-electron chi connectivity index (χ1n) is 7.50. The molecule has 1 aromatic heterocycles. The molecular weight excluding hydrogens is 276 g/mol. The third-order valence-electron chi connectivity index (χ3n) is 3.87. The normalized spacial score (nSPS) is 14.8. The van der Waals surface area contributed by atoms with E-state index in [9.17, 15) is 4.79 Å². The van der Waals surface area contributed by atoms with Gasteiger partial charge in [-0.2, -0.15) is 0 Å². The van der Waals surface area contributed by atoms with Crippen molar-refractivity contribution in [3.05, 3.63) is 54.4 Å². The Morgan fingerprint density at radius 3 is 2.50 bits per heavy atom. The first kappa shape index (κ1) is 14.4. The quantitative estimate of drug-likeness (QED) is 0.927. The van der Waals surface area contributed by atoms with Gasteiger partial charge in [-0.1, -0.05) is 12.1 Å². The summed E-state index contributed by atoms with van der Waals surface area (Å²) in [6, 6.07) is 12.0. The van der Waals surface area contributed by atoms with E-state index >= 15 is 0 Å². The number of aromatic nitrogens is 1. The van der Waals surface area contributed by atoms with Gasteiger partial charge in [0, 0.05) is 49.9 Å². The van der Waals surface area contributed by atoms with Gasteiger partial charge < -0.3 is 15.1 Å². The number of anilines is 2. The van der Waals surface area contributed by atoms with Crippen molar-refractivity contribution in [1.29, 1.82) is 0 Å². The molecule has 2 aromatic rings. The molecule has 0 bridgehead atoms. The van der Waals surface area contributed by atoms with Crippen molar-refractivity contribution >= 4 is 17.4 Å². The van der Waals surface area contributed by atoms with Crippen LogP contribution in [0.1, 0.15) is 5.56 Å². The number of amides is 2. The Kier molecular flexibility index (Phi) is 4.23. The molecule has 5 nitrogen and oxygen atoms in total. The average molecular weight is 296 g/mol. The van der Waals surface area contributed by atoms with Gasteiger partial charge in [-0.15, -0.1) is 0 Å². The number of hydrogen-bond donors (Lipinski definition) is 1. The molecule has 1 N–H and O–H groups in total. The summed E-state index contributed by atoms with van der Waals surface area (Å²) in [5.41, 5.74) is 3.27. The zero-order valence-corrected chi connectivity index (χ0v) is 12.7. The maximum absolute atomic E-state index is 12.2. The molecule has 0 spiro atoms. The smallest absolute Gasteiger partial charge is 0.321 e. The van der Waals surface area contributed by atoms with Gasteiger partial charge in [0.05, 0.1) is 0 Å². The summed E-state index contributed by atoms with van der Waals surface area (Å²) in [7, 11) is 0. The van der Waals surface area contributed by atoms with Gasteiger partial charge in [0.15, 0.2) is 0 Å². The number of piperazine rings is 1. The van der Waals surface area contributed by atoms with Crippen LogP contribution < -0.4 is 10.2 Å². The number of urea groups is 1. The van der Waals surface area contributed by atoms with Crippen LogP contribution in [0.2, 0.25) is 0 Å². The summed E-state index contributed by atoms with van der Waals surface area (Å²) in [4.78, 5) is 20.4. The standard InChI is InChI=1S/C17H20N4O/c1-14-3-2-4-16(13-14)20-9-11-21(12-10-20)17(22)19-15-5-7-18-8-6-15/h2-8,13H,9-12H2,1H3,(H,18,19,22). The van der Waals surface area contributed by atoms with Crippen LogP contribution in [0.3, 0.4) is 0 Å². The predicted molar refractivity (Wildman–Crippen MR) is 88.2 cm³/mol. The molecule has 0 unspecified atom stereocenters. The first-order valence-corrected chi connectivity index (χ1v) is 7.50. The molecule has 2 amide bonds. The largest absolute Gasteiger partial charge is 0.368 e. The Balaban J connectivity index is 1.56. The van der Waals surface area contributed by atoms with Crippen LogP contribution in [-0.4, -0.2) is 42.1 Å². The fourth-order valence-electron chi connectivity index (χ4n) is 2.63. The Bertz CT molecular complexity index is 636. The number of benzene rings is 1. The summed E-state index contributed by atoms with van der Waals surface area (Å²) in [5, 5.41) is 2.90. The zero-order valence-electron chi connectivity index (χ0n) is 12.7. The Morgan fingerprint density at radius 1 is 1.09 bits per heavy atom. The summed E-state index contributed by atoms with van der Waals surface area (Å²) in [6.07, 6.45) is 3.34. The summed E-state index contributed by atoms with van der Waals surface area (Å²) in [6.45, 7) is 5.26. The number of carbonyl (C=O) groups is 1. The topological polar surface area (TPSA) is 48.5 Å². The van der Waals surface area contributed by atoms with Gasteiger partial charge in [0.2, 0.25) is 0 Å². The Morgan fingerprint density at radius 2 is 1.82 bits per heavy atom. The molecule has 2 heterocycles. The van der Waals surface area contributed by atoms with E-state index in [1.807, 2.05) is 4.90 Å². The molecule has 22 heavy (non-hydrogen) atoms. The van der Waals surface area contributed by atoms with E-state index in [0.29, 0.717) is 0 Å². The summed E-state index contributed by atoms with van der Waals surface area (Å²) >= 11 is 0. The number of aryl methyl sites for hydroxylation is 1. The highest BCUT2D eigenvalue weighted by Gasteiger charge is 2.21. The molecule has 1 aromatic carbocycles. The van der Waals surface area contributed by atoms with Crippen LogP contribution in [0, 0.1) is 6.92 Å². The highest BCUT2D eigenvalue weighted by Crippen LogP contribution is 2.18. The van der Waals surface area contributed by atoms with Crippen molar-refractivity contribution < 1.29 is 4.79 Å². The van der Waals surface area contributed by atoms with Crippen molar-refractivity contribution in [2.24, 2.45) is 0 Å². The van der Waals surface area contributed by atoms with Crippen LogP contribution >= 0.6 is 0 Å². The first-order chi connectivity index (χ1) is 10.7. The van der Waals surface area contributed by atoms with E-state index in [2.05, 4.69) is 46.4 Å². The lowest BCUT2D eigenvalue weighted by molar-refractivity contribution is 0.208. The van der Waals surface area contributed by atoms with E-state index in [-0.39, 0.29) is 6.03 Å². The SMILES string of the molecule is Cc1cccc(N2CCN(C(=O)Nc3ccncc3)CC2)c1. The van der Waals surface area contributed by atoms with E-state index in [1.54, 1.807) is 24.5 Å². The number of nitrogens with one attached hydrogen (secondary N) is 1. The van der Waals surface area contributed by atoms with E-state index in [4.69, 9.17) is 0 Å². The highest BCUT2D eigenvalue weighted by atomic mass is 16.2. The van der Waals surface area contributed by atoms with Crippen LogP contribution in [-0.2, 0) is 0 Å². The minimum Gasteiger partial charge on any atom is -0.368 e. The summed E-state index contributed by atoms with van der Waals surface area (Å²) in [5.74, 6) is 0. The molecule has 1 aliphatic heterocycles. The third kappa shape index (κ3) is 3.36. The molecule has 1 saturated heterocycles. The third-order valence-corrected chi connectivity index (χ3v) is 3.87. The van der Waals surface area contributed by atoms with Crippen LogP contribution in [0.15, 0.2) is 48.8 Å². The van der Waals surface area contributed by atoms with Crippen LogP contribution in [0.4, 0.5) is 16.2 Å². The minimum absolute atomic E-state index is 0.0462. The van der Waals surface area contributed by atoms with Gasteiger partial charge in [-0.25, -0.2) is 4.79 Å². The molecular formula is C17H20N4O. The number of hydrogen-bond acceptors (Lipinski definition) is 3. The second-order valence-electron chi connectivity index (χ2n) is 5.48. The molecule has 1 fully saturated rings. The molecule has 0 saturated carbocycles. The molecule has 5 heteroatoms. The Hall–Kier alpha value is -2.56. The van der Waals surface area contributed by atoms with Gasteiger partial charge in [-0.3, -0.25) is 4.98 Å². The lowest BCUT2D eigenvalue weighted by atomic mass is 10.2. The van der Waals surface area contributed by atoms with E-state index < -0.39 is 0 Å². The lowest BCUT2D eigenvalue weighted by Crippen LogP contribution is -2.50. The van der Waals surface area contributed by atoms with Crippen LogP contribution in [0.5, 0.6) is 0 Å². The van der Waals surface area contributed by atoms with Crippen molar-refractivity contribution in [3.8, 4) is 0 Å². The molecule has 3 rings (SSSR count). The number of pyridine rings is 1. The fourth-order valence-corrected chi connectivity index (χ4v) is 2.63. The number of carbonyl (C=O) groups excluding carboxylic acids is 1. The Labute approximate surface area is 130 Å². The number of rotatable bonds is 2. The van der Waals surface area contributed by atoms with E-state index in [0.717, 1.165) is 31.9 Å². The van der Waals surface area contributed by atoms with E-state index in [1.165, 1.54) is 11.3 Å². The predicted octanol–water partition coefficient (Wildman–Crippen LogP) is 2.74. The average Bonchev–Trinajstić information content (AvgIpc) is 2.56.